The van der Waals surface area contributed by atoms with Crippen LogP contribution in [0.25, 0.3) is 33.3 Å². The topological polar surface area (TPSA) is 74.3 Å². The summed E-state index contributed by atoms with van der Waals surface area (Å²) in [6.07, 6.45) is 7.41. The van der Waals surface area contributed by atoms with Crippen LogP contribution in [0.4, 0.5) is 0 Å². The van der Waals surface area contributed by atoms with Gasteiger partial charge >= 0.3 is 0 Å². The number of nitrogens with zero attached hydrogens (tertiary/aromatic N) is 7. The maximum Gasteiger partial charge on any atom is 0.197 e. The number of aryl methyl sites for hydroxylation is 2. The first-order chi connectivity index (χ1) is 14.0. The molecule has 1 aromatic carbocycles. The molecule has 4 heterocycles. The van der Waals surface area contributed by atoms with Gasteiger partial charge in [0.15, 0.2) is 11.3 Å². The van der Waals surface area contributed by atoms with Crippen LogP contribution in [0.3, 0.4) is 0 Å². The summed E-state index contributed by atoms with van der Waals surface area (Å²) in [4.78, 5) is 18.2. The number of benzene rings is 1. The van der Waals surface area contributed by atoms with E-state index in [4.69, 9.17) is 0 Å². The van der Waals surface area contributed by atoms with Crippen LogP contribution >= 0.6 is 15.9 Å². The number of imidazole rings is 1. The van der Waals surface area contributed by atoms with Gasteiger partial charge in [-0.1, -0.05) is 6.07 Å². The first-order valence-electron chi connectivity index (χ1n) is 9.25. The fourth-order valence-electron chi connectivity index (χ4n) is 3.70. The zero-order valence-corrected chi connectivity index (χ0v) is 17.8. The van der Waals surface area contributed by atoms with Gasteiger partial charge < -0.3 is 4.57 Å². The fourth-order valence-corrected chi connectivity index (χ4v) is 3.97. The van der Waals surface area contributed by atoms with Crippen LogP contribution in [-0.4, -0.2) is 34.3 Å². The molecule has 7 nitrogen and oxygen atoms in total. The molecule has 1 atom stereocenters. The third-order valence-electron chi connectivity index (χ3n) is 5.16. The highest BCUT2D eigenvalue weighted by atomic mass is 79.9. The number of fused-ring (bicyclic) bond motifs is 2. The quantitative estimate of drug-likeness (QED) is 0.408. The van der Waals surface area contributed by atoms with Gasteiger partial charge in [-0.05, 0) is 53.5 Å². The lowest BCUT2D eigenvalue weighted by Gasteiger charge is -2.17. The van der Waals surface area contributed by atoms with Gasteiger partial charge in [-0.2, -0.15) is 5.10 Å². The lowest BCUT2D eigenvalue weighted by molar-refractivity contribution is 0.632. The largest absolute Gasteiger partial charge is 0.304 e. The molecule has 0 aliphatic heterocycles. The Kier molecular flexibility index (Phi) is 4.16. The van der Waals surface area contributed by atoms with Crippen molar-refractivity contribution in [1.82, 2.24) is 34.3 Å². The smallest absolute Gasteiger partial charge is 0.197 e. The van der Waals surface area contributed by atoms with E-state index in [1.807, 2.05) is 32.6 Å². The van der Waals surface area contributed by atoms with Gasteiger partial charge in [0.25, 0.3) is 0 Å². The van der Waals surface area contributed by atoms with Crippen LogP contribution in [0.1, 0.15) is 24.4 Å². The Morgan fingerprint density at radius 2 is 1.86 bits per heavy atom. The van der Waals surface area contributed by atoms with Gasteiger partial charge in [-0.3, -0.25) is 9.67 Å². The predicted molar refractivity (Wildman–Crippen MR) is 116 cm³/mol. The van der Waals surface area contributed by atoms with Gasteiger partial charge in [0.1, 0.15) is 10.4 Å². The third kappa shape index (κ3) is 3.09. The van der Waals surface area contributed by atoms with Crippen molar-refractivity contribution in [3.63, 3.8) is 0 Å². The summed E-state index contributed by atoms with van der Waals surface area (Å²) in [6, 6.07) is 8.56. The van der Waals surface area contributed by atoms with Crippen LogP contribution < -0.4 is 0 Å². The van der Waals surface area contributed by atoms with Crippen molar-refractivity contribution >= 4 is 38.1 Å². The van der Waals surface area contributed by atoms with Crippen molar-refractivity contribution < 1.29 is 0 Å². The number of hydrogen-bond acceptors (Lipinski definition) is 5. The monoisotopic (exact) mass is 447 g/mol. The summed E-state index contributed by atoms with van der Waals surface area (Å²) >= 11 is 3.42. The van der Waals surface area contributed by atoms with E-state index in [2.05, 4.69) is 76.7 Å². The minimum Gasteiger partial charge on any atom is -0.304 e. The summed E-state index contributed by atoms with van der Waals surface area (Å²) in [6.45, 7) is 4.13. The van der Waals surface area contributed by atoms with Gasteiger partial charge in [0, 0.05) is 36.0 Å². The lowest BCUT2D eigenvalue weighted by Crippen LogP contribution is -2.09. The number of halogens is 1. The SMILES string of the molecule is Cc1nc2ncc(Br)nc2n1C(C)c1ccc2ncc(-c3cnn(C)c3)cc2c1. The zero-order valence-electron chi connectivity index (χ0n) is 16.2. The van der Waals surface area contributed by atoms with Gasteiger partial charge in [-0.25, -0.2) is 15.0 Å². The van der Waals surface area contributed by atoms with E-state index < -0.39 is 0 Å². The Labute approximate surface area is 175 Å². The second-order valence-electron chi connectivity index (χ2n) is 7.12. The molecule has 4 aromatic heterocycles. The summed E-state index contributed by atoms with van der Waals surface area (Å²) in [5.74, 6) is 0.882. The van der Waals surface area contributed by atoms with E-state index in [-0.39, 0.29) is 6.04 Å². The Morgan fingerprint density at radius 1 is 1.00 bits per heavy atom. The maximum absolute atomic E-state index is 4.62. The van der Waals surface area contributed by atoms with Gasteiger partial charge in [0.2, 0.25) is 0 Å². The maximum atomic E-state index is 4.62. The molecule has 5 aromatic rings. The number of hydrogen-bond donors (Lipinski definition) is 0. The van der Waals surface area contributed by atoms with E-state index in [0.717, 1.165) is 39.1 Å². The van der Waals surface area contributed by atoms with Crippen LogP contribution in [0.15, 0.2) is 53.7 Å². The molecule has 0 saturated carbocycles. The molecule has 0 aliphatic rings. The molecule has 0 amide bonds. The van der Waals surface area contributed by atoms with Crippen LogP contribution in [0.5, 0.6) is 0 Å². The third-order valence-corrected chi connectivity index (χ3v) is 5.55. The molecule has 8 heteroatoms. The molecule has 144 valence electrons. The molecule has 0 fully saturated rings. The van der Waals surface area contributed by atoms with Crippen molar-refractivity contribution in [3.05, 3.63) is 65.0 Å². The molecular weight excluding hydrogens is 430 g/mol. The summed E-state index contributed by atoms with van der Waals surface area (Å²) in [5, 5.41) is 5.35. The normalized spacial score (nSPS) is 12.7. The Bertz CT molecular complexity index is 1370. The van der Waals surface area contributed by atoms with E-state index in [1.165, 1.54) is 0 Å². The van der Waals surface area contributed by atoms with Crippen molar-refractivity contribution in [2.75, 3.05) is 0 Å². The minimum absolute atomic E-state index is 0.0510. The summed E-state index contributed by atoms with van der Waals surface area (Å²) < 4.78 is 4.61. The van der Waals surface area contributed by atoms with Crippen molar-refractivity contribution in [2.45, 2.75) is 19.9 Å². The Morgan fingerprint density at radius 3 is 2.66 bits per heavy atom. The summed E-state index contributed by atoms with van der Waals surface area (Å²) in [5.41, 5.74) is 5.65. The Hall–Kier alpha value is -3.13. The number of aromatic nitrogens is 7. The van der Waals surface area contributed by atoms with E-state index >= 15 is 0 Å². The van der Waals surface area contributed by atoms with Crippen LogP contribution in [-0.2, 0) is 7.05 Å². The molecule has 0 spiro atoms. The van der Waals surface area contributed by atoms with Gasteiger partial charge in [-0.15, -0.1) is 0 Å². The van der Waals surface area contributed by atoms with E-state index in [9.17, 15) is 0 Å². The minimum atomic E-state index is 0.0510. The van der Waals surface area contributed by atoms with E-state index in [1.54, 1.807) is 10.9 Å². The fraction of sp³-hybridized carbons (Fsp3) is 0.190. The predicted octanol–water partition coefficient (Wildman–Crippen LogP) is 4.46. The molecule has 0 radical (unpaired) electrons. The van der Waals surface area contributed by atoms with Crippen LogP contribution in [0, 0.1) is 6.92 Å². The highest BCUT2D eigenvalue weighted by molar-refractivity contribution is 9.10. The Balaban J connectivity index is 1.61. The molecule has 1 unspecified atom stereocenters. The molecule has 0 aliphatic carbocycles. The first kappa shape index (κ1) is 17.9. The van der Waals surface area contributed by atoms with Crippen molar-refractivity contribution in [2.24, 2.45) is 7.05 Å². The molecule has 5 rings (SSSR count). The average Bonchev–Trinajstić information content (AvgIpc) is 3.29. The zero-order chi connectivity index (χ0) is 20.1. The molecule has 29 heavy (non-hydrogen) atoms. The highest BCUT2D eigenvalue weighted by Gasteiger charge is 2.18. The number of pyridine rings is 1. The van der Waals surface area contributed by atoms with Crippen molar-refractivity contribution in [3.8, 4) is 11.1 Å². The second kappa shape index (κ2) is 6.73. The van der Waals surface area contributed by atoms with Crippen LogP contribution in [0.2, 0.25) is 0 Å². The second-order valence-corrected chi connectivity index (χ2v) is 7.94. The van der Waals surface area contributed by atoms with Crippen molar-refractivity contribution in [1.29, 1.82) is 0 Å². The van der Waals surface area contributed by atoms with E-state index in [0.29, 0.717) is 10.3 Å². The molecule has 0 bridgehead atoms. The molecule has 0 saturated heterocycles. The lowest BCUT2D eigenvalue weighted by atomic mass is 10.0. The number of rotatable bonds is 3. The first-order valence-corrected chi connectivity index (χ1v) is 10.0. The summed E-state index contributed by atoms with van der Waals surface area (Å²) in [7, 11) is 1.91. The van der Waals surface area contributed by atoms with Gasteiger partial charge in [0.05, 0.1) is 24.0 Å². The average molecular weight is 448 g/mol. The highest BCUT2D eigenvalue weighted by Crippen LogP contribution is 2.28. The standard InChI is InChI=1S/C21H18BrN7/c1-12(29-13(2)26-20-21(29)27-19(22)10-24-20)14-4-5-18-15(6-14)7-16(8-23-18)17-9-25-28(3)11-17/h4-12H,1-3H3. The molecule has 0 N–H and O–H groups in total. The molecular formula is C21H18BrN7.